The summed E-state index contributed by atoms with van der Waals surface area (Å²) < 4.78 is 34.1. The summed E-state index contributed by atoms with van der Waals surface area (Å²) in [5, 5.41) is 120. The lowest BCUT2D eigenvalue weighted by molar-refractivity contribution is -0.379. The lowest BCUT2D eigenvalue weighted by Crippen LogP contribution is -2.66. The number of rotatable bonds is 39. The lowest BCUT2D eigenvalue weighted by atomic mass is 9.96. The quantitative estimate of drug-likeness (QED) is 0.0310. The molecule has 17 unspecified atom stereocenters. The number of amides is 1. The molecule has 3 heterocycles. The third-order valence-electron chi connectivity index (χ3n) is 13.9. The number of aliphatic hydroxyl groups excluding tert-OH is 11. The fourth-order valence-corrected chi connectivity index (χ4v) is 9.28. The summed E-state index contributed by atoms with van der Waals surface area (Å²) in [6.07, 6.45) is 11.4. The van der Waals surface area contributed by atoms with Crippen LogP contribution in [-0.4, -0.2) is 193 Å². The Labute approximate surface area is 434 Å². The molecular formula is C54H97NO18. The molecule has 19 heteroatoms. The third-order valence-corrected chi connectivity index (χ3v) is 13.9. The second-order valence-electron chi connectivity index (χ2n) is 20.0. The van der Waals surface area contributed by atoms with E-state index < -0.39 is 124 Å². The summed E-state index contributed by atoms with van der Waals surface area (Å²) in [7, 11) is 0. The van der Waals surface area contributed by atoms with Crippen LogP contribution >= 0.6 is 0 Å². The van der Waals surface area contributed by atoms with E-state index in [9.17, 15) is 61.0 Å². The van der Waals surface area contributed by atoms with E-state index in [4.69, 9.17) is 28.4 Å². The Morgan fingerprint density at radius 2 is 0.877 bits per heavy atom. The zero-order chi connectivity index (χ0) is 53.4. The highest BCUT2D eigenvalue weighted by atomic mass is 16.8. The van der Waals surface area contributed by atoms with E-state index in [1.807, 2.05) is 6.08 Å². The van der Waals surface area contributed by atoms with E-state index in [2.05, 4.69) is 43.5 Å². The van der Waals surface area contributed by atoms with Crippen molar-refractivity contribution in [2.75, 3.05) is 26.4 Å². The second-order valence-corrected chi connectivity index (χ2v) is 20.0. The summed E-state index contributed by atoms with van der Waals surface area (Å²) in [6, 6.07) is -0.991. The zero-order valence-electron chi connectivity index (χ0n) is 43.9. The minimum atomic E-state index is -1.98. The first-order valence-corrected chi connectivity index (χ1v) is 27.7. The van der Waals surface area contributed by atoms with Crippen LogP contribution in [0, 0.1) is 0 Å². The molecule has 3 saturated heterocycles. The molecule has 3 aliphatic heterocycles. The minimum absolute atomic E-state index is 0.234. The van der Waals surface area contributed by atoms with Crippen LogP contribution in [0.1, 0.15) is 168 Å². The van der Waals surface area contributed by atoms with Gasteiger partial charge in [-0.25, -0.2) is 0 Å². The largest absolute Gasteiger partial charge is 0.394 e. The Morgan fingerprint density at radius 3 is 1.37 bits per heavy atom. The second kappa shape index (κ2) is 38.5. The molecule has 0 spiro atoms. The summed E-state index contributed by atoms with van der Waals surface area (Å²) >= 11 is 0. The molecule has 12 N–H and O–H groups in total. The molecule has 1 amide bonds. The summed E-state index contributed by atoms with van der Waals surface area (Å²) in [4.78, 5) is 13.3. The molecule has 3 aliphatic rings. The Hall–Kier alpha value is -1.99. The van der Waals surface area contributed by atoms with Gasteiger partial charge in [0.2, 0.25) is 5.91 Å². The predicted octanol–water partition coefficient (Wildman–Crippen LogP) is 3.37. The third kappa shape index (κ3) is 23.7. The summed E-state index contributed by atoms with van der Waals surface area (Å²) in [5.74, 6) is -0.292. The van der Waals surface area contributed by atoms with Gasteiger partial charge in [-0.2, -0.15) is 0 Å². The van der Waals surface area contributed by atoms with Gasteiger partial charge in [-0.3, -0.25) is 4.79 Å². The molecule has 73 heavy (non-hydrogen) atoms. The maximum Gasteiger partial charge on any atom is 0.220 e. The molecule has 3 rings (SSSR count). The first-order valence-electron chi connectivity index (χ1n) is 27.7. The Kier molecular flexibility index (Phi) is 34.5. The van der Waals surface area contributed by atoms with Crippen LogP contribution in [0.2, 0.25) is 0 Å². The molecular weight excluding hydrogens is 951 g/mol. The maximum absolute atomic E-state index is 13.3. The standard InChI is InChI=1S/C54H97NO18/c1-3-5-7-9-11-13-15-17-19-21-23-25-27-29-31-38(59)37(55-42(60)32-30-28-26-24-22-20-18-16-14-12-10-8-6-4-2)36-68-52-48(66)45(63)50(40(34-57)70-52)73-54-49(67)46(64)51(41(35-58)71-54)72-53-47(65)44(62)43(61)39(33-56)69-53/h13,15,21,23,29,31,37-41,43-54,56-59,61-67H,3-12,14,16-20,22,24-28,30,32-36H2,1-2H3,(H,55,60)/b15-13+,23-21+,31-29+. The van der Waals surface area contributed by atoms with Crippen molar-refractivity contribution in [1.29, 1.82) is 0 Å². The number of nitrogens with one attached hydrogen (secondary N) is 1. The number of unbranched alkanes of at least 4 members (excludes halogenated alkanes) is 19. The molecule has 3 fully saturated rings. The predicted molar refractivity (Wildman–Crippen MR) is 272 cm³/mol. The first-order chi connectivity index (χ1) is 35.3. The minimum Gasteiger partial charge on any atom is -0.394 e. The van der Waals surface area contributed by atoms with Crippen molar-refractivity contribution in [3.8, 4) is 0 Å². The van der Waals surface area contributed by atoms with Gasteiger partial charge in [0.05, 0.1) is 38.6 Å². The van der Waals surface area contributed by atoms with Gasteiger partial charge >= 0.3 is 0 Å². The van der Waals surface area contributed by atoms with Crippen molar-refractivity contribution < 1.29 is 89.4 Å². The highest BCUT2D eigenvalue weighted by Crippen LogP contribution is 2.33. The van der Waals surface area contributed by atoms with Crippen molar-refractivity contribution >= 4 is 5.91 Å². The molecule has 17 atom stereocenters. The maximum atomic E-state index is 13.3. The SMILES string of the molecule is CCCCCC/C=C/CC/C=C/CC/C=C/C(O)C(COC1OC(CO)C(OC2OC(CO)C(OC3OC(CO)C(O)C(O)C3O)C(O)C2O)C(O)C1O)NC(=O)CCCCCCCCCCCCCCCC. The average Bonchev–Trinajstić information content (AvgIpc) is 3.39. The first kappa shape index (κ1) is 65.3. The van der Waals surface area contributed by atoms with E-state index in [1.54, 1.807) is 6.08 Å². The van der Waals surface area contributed by atoms with Gasteiger partial charge in [0.25, 0.3) is 0 Å². The van der Waals surface area contributed by atoms with Crippen LogP contribution in [0.4, 0.5) is 0 Å². The number of aliphatic hydroxyl groups is 11. The number of hydrogen-bond acceptors (Lipinski definition) is 18. The van der Waals surface area contributed by atoms with Crippen LogP contribution in [0.5, 0.6) is 0 Å². The van der Waals surface area contributed by atoms with Crippen LogP contribution in [0.15, 0.2) is 36.5 Å². The Balaban J connectivity index is 1.56. The smallest absolute Gasteiger partial charge is 0.220 e. The van der Waals surface area contributed by atoms with Gasteiger partial charge in [0.1, 0.15) is 73.2 Å². The van der Waals surface area contributed by atoms with Crippen LogP contribution in [0.3, 0.4) is 0 Å². The van der Waals surface area contributed by atoms with Crippen LogP contribution in [0.25, 0.3) is 0 Å². The molecule has 0 radical (unpaired) electrons. The van der Waals surface area contributed by atoms with E-state index in [1.165, 1.54) is 89.9 Å². The van der Waals surface area contributed by atoms with E-state index in [-0.39, 0.29) is 18.9 Å². The number of carbonyl (C=O) groups is 1. The van der Waals surface area contributed by atoms with E-state index in [0.29, 0.717) is 12.8 Å². The fraction of sp³-hybridized carbons (Fsp3) is 0.870. The van der Waals surface area contributed by atoms with Crippen molar-refractivity contribution in [1.82, 2.24) is 5.32 Å². The van der Waals surface area contributed by atoms with Gasteiger partial charge in [0, 0.05) is 6.42 Å². The molecule has 0 aromatic carbocycles. The van der Waals surface area contributed by atoms with Crippen LogP contribution in [-0.2, 0) is 33.2 Å². The van der Waals surface area contributed by atoms with Crippen molar-refractivity contribution in [3.63, 3.8) is 0 Å². The van der Waals surface area contributed by atoms with E-state index in [0.717, 1.165) is 44.9 Å². The van der Waals surface area contributed by atoms with Crippen LogP contribution < -0.4 is 5.32 Å². The molecule has 0 bridgehead atoms. The monoisotopic (exact) mass is 1050 g/mol. The van der Waals surface area contributed by atoms with Gasteiger partial charge in [0.15, 0.2) is 18.9 Å². The lowest BCUT2D eigenvalue weighted by Gasteiger charge is -2.48. The average molecular weight is 1050 g/mol. The number of ether oxygens (including phenoxy) is 6. The number of hydrogen-bond donors (Lipinski definition) is 12. The van der Waals surface area contributed by atoms with Gasteiger partial charge < -0.3 is 89.9 Å². The highest BCUT2D eigenvalue weighted by molar-refractivity contribution is 5.76. The molecule has 0 aliphatic carbocycles. The van der Waals surface area contributed by atoms with Crippen molar-refractivity contribution in [3.05, 3.63) is 36.5 Å². The topological polar surface area (TPSA) is 307 Å². The number of carbonyl (C=O) groups excluding carboxylic acids is 1. The van der Waals surface area contributed by atoms with E-state index >= 15 is 0 Å². The summed E-state index contributed by atoms with van der Waals surface area (Å²) in [5.41, 5.74) is 0. The van der Waals surface area contributed by atoms with Crippen molar-refractivity contribution in [2.45, 2.75) is 272 Å². The Bertz CT molecular complexity index is 1490. The number of allylic oxidation sites excluding steroid dienone is 5. The molecule has 0 aromatic heterocycles. The highest BCUT2D eigenvalue weighted by Gasteiger charge is 2.53. The molecule has 0 aromatic rings. The van der Waals surface area contributed by atoms with Gasteiger partial charge in [-0.1, -0.05) is 153 Å². The zero-order valence-corrected chi connectivity index (χ0v) is 43.9. The van der Waals surface area contributed by atoms with Gasteiger partial charge in [-0.05, 0) is 44.9 Å². The molecule has 0 saturated carbocycles. The van der Waals surface area contributed by atoms with Crippen molar-refractivity contribution in [2.24, 2.45) is 0 Å². The molecule has 19 nitrogen and oxygen atoms in total. The fourth-order valence-electron chi connectivity index (χ4n) is 9.28. The Morgan fingerprint density at radius 1 is 0.479 bits per heavy atom. The molecule has 426 valence electrons. The van der Waals surface area contributed by atoms with Gasteiger partial charge in [-0.15, -0.1) is 0 Å². The summed E-state index contributed by atoms with van der Waals surface area (Å²) in [6.45, 7) is 1.64. The normalized spacial score (nSPS) is 32.0.